The Bertz CT molecular complexity index is 809. The number of carbonyl (C=O) groups is 2. The fourth-order valence-corrected chi connectivity index (χ4v) is 3.47. The fourth-order valence-electron chi connectivity index (χ4n) is 2.79. The number of halogens is 4. The molecule has 1 aliphatic heterocycles. The smallest absolute Gasteiger partial charge is 0.419 e. The third-order valence-electron chi connectivity index (χ3n) is 4.30. The van der Waals surface area contributed by atoms with Gasteiger partial charge in [-0.3, -0.25) is 4.79 Å². The Labute approximate surface area is 195 Å². The Morgan fingerprint density at radius 2 is 1.94 bits per heavy atom. The molecular formula is C20H24F3IO6S. The maximum atomic E-state index is 12.9. The summed E-state index contributed by atoms with van der Waals surface area (Å²) in [5, 5.41) is 0. The molecule has 0 amide bonds. The third-order valence-corrected chi connectivity index (χ3v) is 5.94. The molecule has 0 aromatic heterocycles. The third kappa shape index (κ3) is 7.28. The molecule has 0 N–H and O–H groups in total. The van der Waals surface area contributed by atoms with Gasteiger partial charge in [0.2, 0.25) is 0 Å². The van der Waals surface area contributed by atoms with Crippen molar-refractivity contribution in [2.75, 3.05) is 33.2 Å². The minimum absolute atomic E-state index is 0.0476. The quantitative estimate of drug-likeness (QED) is 0.135. The van der Waals surface area contributed by atoms with Gasteiger partial charge in [0.15, 0.2) is 6.29 Å². The van der Waals surface area contributed by atoms with E-state index >= 15 is 0 Å². The van der Waals surface area contributed by atoms with Crippen molar-refractivity contribution in [2.45, 2.75) is 33.1 Å². The van der Waals surface area contributed by atoms with Crippen LogP contribution in [-0.2, 0) is 27.3 Å². The van der Waals surface area contributed by atoms with Crippen LogP contribution in [0.1, 0.15) is 34.0 Å². The molecule has 0 spiro atoms. The number of aldehydes is 1. The Morgan fingerprint density at radius 1 is 1.29 bits per heavy atom. The number of carbonyl (C=O) groups excluding carboxylic acids is 2. The predicted molar refractivity (Wildman–Crippen MR) is 120 cm³/mol. The standard InChI is InChI=1S/C17H16F3IO5S.C3H8O/c1-9-12-8-26-16(23)13(12)15(25-5-6-27-21)11(14(9)24-2)4-3-10(7-22)17(18,19)20;1-3-4-2/h3,7H,4-6,8H2,1-2H3;3H2,1-2H3/b10-3-;. The molecule has 1 aromatic rings. The Morgan fingerprint density at radius 3 is 2.42 bits per heavy atom. The molecule has 0 radical (unpaired) electrons. The van der Waals surface area contributed by atoms with E-state index in [0.29, 0.717) is 22.6 Å². The van der Waals surface area contributed by atoms with E-state index in [1.807, 2.05) is 6.92 Å². The van der Waals surface area contributed by atoms with Gasteiger partial charge in [-0.25, -0.2) is 4.79 Å². The van der Waals surface area contributed by atoms with Crippen LogP contribution in [0.3, 0.4) is 0 Å². The second kappa shape index (κ2) is 13.2. The Kier molecular flexibility index (Phi) is 11.7. The number of hydrogen-bond acceptors (Lipinski definition) is 7. The van der Waals surface area contributed by atoms with Crippen LogP contribution in [0.25, 0.3) is 0 Å². The molecule has 0 fully saturated rings. The van der Waals surface area contributed by atoms with Crippen LogP contribution in [0.15, 0.2) is 11.6 Å². The molecule has 6 nitrogen and oxygen atoms in total. The lowest BCUT2D eigenvalue weighted by Crippen LogP contribution is -2.14. The van der Waals surface area contributed by atoms with Crippen molar-refractivity contribution in [2.24, 2.45) is 0 Å². The molecule has 0 saturated heterocycles. The molecule has 31 heavy (non-hydrogen) atoms. The fraction of sp³-hybridized carbons (Fsp3) is 0.500. The molecule has 0 unspecified atom stereocenters. The zero-order valence-electron chi connectivity index (χ0n) is 17.6. The normalized spacial score (nSPS) is 13.2. The Hall–Kier alpha value is -1.47. The van der Waals surface area contributed by atoms with Crippen LogP contribution in [-0.4, -0.2) is 51.6 Å². The molecule has 1 aliphatic rings. The first kappa shape index (κ1) is 27.6. The van der Waals surface area contributed by atoms with Crippen molar-refractivity contribution in [3.63, 3.8) is 0 Å². The number of ether oxygens (including phenoxy) is 4. The summed E-state index contributed by atoms with van der Waals surface area (Å²) in [7, 11) is 4.55. The van der Waals surface area contributed by atoms with Gasteiger partial charge in [-0.05, 0) is 47.0 Å². The van der Waals surface area contributed by atoms with E-state index in [1.54, 1.807) is 14.0 Å². The van der Waals surface area contributed by atoms with Crippen molar-refractivity contribution in [3.8, 4) is 11.5 Å². The lowest BCUT2D eigenvalue weighted by Gasteiger charge is -2.19. The minimum Gasteiger partial charge on any atom is -0.496 e. The maximum absolute atomic E-state index is 12.9. The van der Waals surface area contributed by atoms with Crippen LogP contribution in [0.5, 0.6) is 11.5 Å². The summed E-state index contributed by atoms with van der Waals surface area (Å²) in [6.07, 6.45) is -4.53. The number of hydrogen-bond donors (Lipinski definition) is 0. The first-order valence-corrected chi connectivity index (χ1v) is 12.7. The van der Waals surface area contributed by atoms with E-state index in [1.165, 1.54) is 16.0 Å². The van der Waals surface area contributed by atoms with Gasteiger partial charge in [0, 0.05) is 30.6 Å². The Balaban J connectivity index is 0.00000110. The van der Waals surface area contributed by atoms with E-state index in [2.05, 4.69) is 25.9 Å². The van der Waals surface area contributed by atoms with Gasteiger partial charge < -0.3 is 18.9 Å². The zero-order valence-corrected chi connectivity index (χ0v) is 20.5. The van der Waals surface area contributed by atoms with Crippen molar-refractivity contribution in [3.05, 3.63) is 33.9 Å². The number of fused-ring (bicyclic) bond motifs is 1. The number of methoxy groups -OCH3 is 2. The van der Waals surface area contributed by atoms with Crippen LogP contribution < -0.4 is 9.47 Å². The lowest BCUT2D eigenvalue weighted by atomic mass is 9.94. The predicted octanol–water partition coefficient (Wildman–Crippen LogP) is 5.02. The van der Waals surface area contributed by atoms with Gasteiger partial charge in [0.25, 0.3) is 0 Å². The number of esters is 1. The summed E-state index contributed by atoms with van der Waals surface area (Å²) < 4.78 is 59.4. The molecule has 1 heterocycles. The van der Waals surface area contributed by atoms with Gasteiger partial charge >= 0.3 is 12.1 Å². The molecule has 0 saturated carbocycles. The molecule has 0 atom stereocenters. The number of allylic oxidation sites excluding steroid dienone is 2. The summed E-state index contributed by atoms with van der Waals surface area (Å²) in [5.74, 6) is 0.472. The minimum atomic E-state index is -4.77. The summed E-state index contributed by atoms with van der Waals surface area (Å²) in [6.45, 7) is 4.77. The van der Waals surface area contributed by atoms with E-state index in [9.17, 15) is 22.8 Å². The van der Waals surface area contributed by atoms with Crippen molar-refractivity contribution in [1.29, 1.82) is 0 Å². The molecule has 11 heteroatoms. The first-order chi connectivity index (χ1) is 14.7. The van der Waals surface area contributed by atoms with Gasteiger partial charge in [0.05, 0.1) is 19.3 Å². The average molecular weight is 576 g/mol. The topological polar surface area (TPSA) is 71.1 Å². The molecular weight excluding hydrogens is 552 g/mol. The highest BCUT2D eigenvalue weighted by Gasteiger charge is 2.35. The van der Waals surface area contributed by atoms with E-state index < -0.39 is 17.7 Å². The monoisotopic (exact) mass is 576 g/mol. The number of alkyl halides is 3. The van der Waals surface area contributed by atoms with E-state index in [0.717, 1.165) is 12.7 Å². The zero-order chi connectivity index (χ0) is 23.6. The molecule has 174 valence electrons. The van der Waals surface area contributed by atoms with Gasteiger partial charge in [-0.2, -0.15) is 13.2 Å². The van der Waals surface area contributed by atoms with Crippen molar-refractivity contribution < 1.29 is 41.7 Å². The number of cyclic esters (lactones) is 1. The highest BCUT2D eigenvalue weighted by atomic mass is 127. The molecule has 0 bridgehead atoms. The van der Waals surface area contributed by atoms with Gasteiger partial charge in [0.1, 0.15) is 23.7 Å². The molecule has 0 aliphatic carbocycles. The van der Waals surface area contributed by atoms with Crippen LogP contribution in [0.4, 0.5) is 13.2 Å². The van der Waals surface area contributed by atoms with Crippen molar-refractivity contribution in [1.82, 2.24) is 0 Å². The number of benzene rings is 1. The van der Waals surface area contributed by atoms with Gasteiger partial charge in [-0.15, -0.1) is 0 Å². The van der Waals surface area contributed by atoms with E-state index in [4.69, 9.17) is 14.2 Å². The summed E-state index contributed by atoms with van der Waals surface area (Å²) >= 11 is 2.09. The van der Waals surface area contributed by atoms with Gasteiger partial charge in [-0.1, -0.05) is 15.0 Å². The average Bonchev–Trinajstić information content (AvgIpc) is 3.11. The molecule has 2 rings (SSSR count). The highest BCUT2D eigenvalue weighted by Crippen LogP contribution is 2.43. The summed E-state index contributed by atoms with van der Waals surface area (Å²) in [4.78, 5) is 23.0. The first-order valence-electron chi connectivity index (χ1n) is 9.14. The van der Waals surface area contributed by atoms with Crippen LogP contribution >= 0.6 is 30.1 Å². The summed E-state index contributed by atoms with van der Waals surface area (Å²) in [6, 6.07) is 0. The molecule has 1 aromatic carbocycles. The maximum Gasteiger partial charge on any atom is 0.419 e. The number of rotatable bonds is 9. The van der Waals surface area contributed by atoms with E-state index in [-0.39, 0.29) is 42.8 Å². The highest BCUT2D eigenvalue weighted by molar-refractivity contribution is 14.2. The van der Waals surface area contributed by atoms with Crippen LogP contribution in [0, 0.1) is 6.92 Å². The van der Waals surface area contributed by atoms with Crippen LogP contribution in [0.2, 0.25) is 0 Å². The largest absolute Gasteiger partial charge is 0.496 e. The summed E-state index contributed by atoms with van der Waals surface area (Å²) in [5.41, 5.74) is 0.355. The second-order valence-electron chi connectivity index (χ2n) is 6.11. The SMILES string of the molecule is CCOC.COc1c(C)c2c(c(OCCSI)c1C/C=C(/C=O)C(F)(F)F)C(=O)OC2. The van der Waals surface area contributed by atoms with Crippen molar-refractivity contribution >= 4 is 42.4 Å². The second-order valence-corrected chi connectivity index (χ2v) is 8.61. The lowest BCUT2D eigenvalue weighted by molar-refractivity contribution is -0.119.